The molecule has 0 spiro atoms. The average Bonchev–Trinajstić information content (AvgIpc) is 3.66. The lowest BCUT2D eigenvalue weighted by atomic mass is 10.1. The van der Waals surface area contributed by atoms with Gasteiger partial charge in [-0.25, -0.2) is 0 Å². The summed E-state index contributed by atoms with van der Waals surface area (Å²) in [4.78, 5) is 35.4. The third-order valence-electron chi connectivity index (χ3n) is 5.77. The van der Waals surface area contributed by atoms with Gasteiger partial charge in [-0.3, -0.25) is 9.59 Å². The smallest absolute Gasteiger partial charge is 0.422 e. The molecular weight excluding hydrogens is 539 g/mol. The number of hydrogen-bond donors (Lipinski definition) is 4. The maximum atomic E-state index is 12.8. The molecule has 39 heavy (non-hydrogen) atoms. The van der Waals surface area contributed by atoms with Crippen LogP contribution in [0.4, 0.5) is 30.8 Å². The van der Waals surface area contributed by atoms with Gasteiger partial charge in [-0.2, -0.15) is 28.1 Å². The molecule has 0 bridgehead atoms. The average molecular weight is 564 g/mol. The first-order valence-electron chi connectivity index (χ1n) is 11.9. The molecule has 1 aliphatic carbocycles. The van der Waals surface area contributed by atoms with Crippen LogP contribution in [-0.4, -0.2) is 46.1 Å². The van der Waals surface area contributed by atoms with Crippen molar-refractivity contribution >= 4 is 41.0 Å². The van der Waals surface area contributed by atoms with Crippen LogP contribution in [0.2, 0.25) is 5.02 Å². The number of aromatic nitrogens is 3. The number of alkyl halides is 3. The highest BCUT2D eigenvalue weighted by Crippen LogP contribution is 2.48. The zero-order valence-electron chi connectivity index (χ0n) is 20.5. The molecule has 0 aliphatic heterocycles. The Kier molecular flexibility index (Phi) is 8.38. The van der Waals surface area contributed by atoms with Crippen LogP contribution in [0, 0.1) is 0 Å². The molecule has 2 amide bonds. The third kappa shape index (κ3) is 8.18. The number of ether oxygens (including phenoxy) is 1. The maximum Gasteiger partial charge on any atom is 0.422 e. The Morgan fingerprint density at radius 3 is 2.28 bits per heavy atom. The predicted octanol–water partition coefficient (Wildman–Crippen LogP) is 4.31. The van der Waals surface area contributed by atoms with Crippen molar-refractivity contribution in [2.24, 2.45) is 5.73 Å². The molecule has 206 valence electrons. The van der Waals surface area contributed by atoms with Gasteiger partial charge in [-0.15, -0.1) is 0 Å². The van der Waals surface area contributed by atoms with E-state index in [1.54, 1.807) is 36.4 Å². The quantitative estimate of drug-likeness (QED) is 0.239. The highest BCUT2D eigenvalue weighted by molar-refractivity contribution is 6.30. The van der Waals surface area contributed by atoms with E-state index < -0.39 is 30.2 Å². The molecule has 0 unspecified atom stereocenters. The first kappa shape index (κ1) is 27.9. The molecule has 0 radical (unpaired) electrons. The number of nitrogens with zero attached hydrogens (tertiary/aromatic N) is 3. The lowest BCUT2D eigenvalue weighted by Crippen LogP contribution is -2.25. The van der Waals surface area contributed by atoms with Crippen LogP contribution >= 0.6 is 11.6 Å². The van der Waals surface area contributed by atoms with Crippen LogP contribution in [0.15, 0.2) is 48.5 Å². The molecule has 2 aromatic carbocycles. The summed E-state index contributed by atoms with van der Waals surface area (Å²) in [6, 6.07) is 13.0. The SMILES string of the molecule is NC(=O)CCCNC(=O)c1ccc(Nc2nc(NC3(c4ccc(Cl)cc4)CC3)nc(OCC(F)(F)F)n2)cc1. The van der Waals surface area contributed by atoms with E-state index in [0.29, 0.717) is 29.2 Å². The van der Waals surface area contributed by atoms with Crippen LogP contribution in [0.1, 0.15) is 41.6 Å². The van der Waals surface area contributed by atoms with Crippen LogP contribution in [0.3, 0.4) is 0 Å². The molecule has 1 aromatic heterocycles. The number of primary amides is 1. The normalized spacial score (nSPS) is 13.8. The highest BCUT2D eigenvalue weighted by atomic mass is 35.5. The van der Waals surface area contributed by atoms with Crippen molar-refractivity contribution in [2.75, 3.05) is 23.8 Å². The fourth-order valence-electron chi connectivity index (χ4n) is 3.67. The van der Waals surface area contributed by atoms with Crippen molar-refractivity contribution in [1.29, 1.82) is 0 Å². The van der Waals surface area contributed by atoms with Gasteiger partial charge in [0.1, 0.15) is 0 Å². The summed E-state index contributed by atoms with van der Waals surface area (Å²) in [7, 11) is 0. The second kappa shape index (κ2) is 11.7. The van der Waals surface area contributed by atoms with Gasteiger partial charge in [0, 0.05) is 29.2 Å². The monoisotopic (exact) mass is 563 g/mol. The fraction of sp³-hybridized carbons (Fsp3) is 0.320. The third-order valence-corrected chi connectivity index (χ3v) is 6.02. The molecule has 1 fully saturated rings. The van der Waals surface area contributed by atoms with Crippen LogP contribution in [-0.2, 0) is 10.3 Å². The first-order valence-corrected chi connectivity index (χ1v) is 12.3. The van der Waals surface area contributed by atoms with Crippen molar-refractivity contribution in [3.63, 3.8) is 0 Å². The maximum absolute atomic E-state index is 12.8. The van der Waals surface area contributed by atoms with E-state index >= 15 is 0 Å². The number of halogens is 4. The summed E-state index contributed by atoms with van der Waals surface area (Å²) < 4.78 is 43.1. The lowest BCUT2D eigenvalue weighted by molar-refractivity contribution is -0.154. The Labute approximate surface area is 226 Å². The zero-order valence-corrected chi connectivity index (χ0v) is 21.3. The molecule has 10 nitrogen and oxygen atoms in total. The Balaban J connectivity index is 1.48. The molecule has 1 saturated carbocycles. The molecule has 0 atom stereocenters. The van der Waals surface area contributed by atoms with Crippen LogP contribution in [0.5, 0.6) is 6.01 Å². The lowest BCUT2D eigenvalue weighted by Gasteiger charge is -2.19. The van der Waals surface area contributed by atoms with E-state index in [0.717, 1.165) is 18.4 Å². The minimum absolute atomic E-state index is 0.0316. The first-order chi connectivity index (χ1) is 18.5. The number of carbonyl (C=O) groups excluding carboxylic acids is 2. The zero-order chi connectivity index (χ0) is 28.0. The molecule has 14 heteroatoms. The van der Waals surface area contributed by atoms with Gasteiger partial charge in [-0.05, 0) is 61.2 Å². The summed E-state index contributed by atoms with van der Waals surface area (Å²) in [6.45, 7) is -1.28. The number of benzene rings is 2. The van der Waals surface area contributed by atoms with Gasteiger partial charge in [0.05, 0.1) is 5.54 Å². The Morgan fingerprint density at radius 2 is 1.67 bits per heavy atom. The summed E-state index contributed by atoms with van der Waals surface area (Å²) in [5, 5.41) is 9.36. The predicted molar refractivity (Wildman–Crippen MR) is 138 cm³/mol. The number of anilines is 3. The highest BCUT2D eigenvalue weighted by Gasteiger charge is 2.45. The van der Waals surface area contributed by atoms with Gasteiger partial charge in [-0.1, -0.05) is 23.7 Å². The topological polar surface area (TPSA) is 144 Å². The fourth-order valence-corrected chi connectivity index (χ4v) is 3.80. The van der Waals surface area contributed by atoms with E-state index in [4.69, 9.17) is 22.1 Å². The number of rotatable bonds is 12. The standard InChI is InChI=1S/C25H25ClF3N7O3/c26-17-7-5-16(6-8-17)24(11-12-24)36-22-33-21(34-23(35-22)39-14-25(27,28)29)32-18-9-3-15(4-10-18)20(38)31-13-1-2-19(30)37/h3-10H,1-2,11-14H2,(H2,30,37)(H,31,38)(H2,32,33,34,35,36). The Morgan fingerprint density at radius 1 is 1.00 bits per heavy atom. The molecule has 4 rings (SSSR count). The van der Waals surface area contributed by atoms with Crippen molar-refractivity contribution in [1.82, 2.24) is 20.3 Å². The van der Waals surface area contributed by atoms with Gasteiger partial charge < -0.3 is 26.4 Å². The summed E-state index contributed by atoms with van der Waals surface area (Å²) in [5.41, 5.74) is 6.36. The number of nitrogens with one attached hydrogen (secondary N) is 3. The van der Waals surface area contributed by atoms with Crippen molar-refractivity contribution in [3.8, 4) is 6.01 Å². The number of nitrogens with two attached hydrogens (primary N) is 1. The minimum Gasteiger partial charge on any atom is -0.454 e. The van der Waals surface area contributed by atoms with E-state index in [-0.39, 0.29) is 24.2 Å². The molecule has 5 N–H and O–H groups in total. The van der Waals surface area contributed by atoms with E-state index in [9.17, 15) is 22.8 Å². The number of amides is 2. The molecular formula is C25H25ClF3N7O3. The molecule has 3 aromatic rings. The van der Waals surface area contributed by atoms with Crippen molar-refractivity contribution in [3.05, 3.63) is 64.7 Å². The van der Waals surface area contributed by atoms with Gasteiger partial charge in [0.25, 0.3) is 5.91 Å². The van der Waals surface area contributed by atoms with Crippen LogP contribution in [0.25, 0.3) is 0 Å². The number of hydrogen-bond acceptors (Lipinski definition) is 8. The van der Waals surface area contributed by atoms with Crippen molar-refractivity contribution < 1.29 is 27.5 Å². The van der Waals surface area contributed by atoms with E-state index in [1.165, 1.54) is 0 Å². The van der Waals surface area contributed by atoms with Gasteiger partial charge in [0.2, 0.25) is 17.8 Å². The largest absolute Gasteiger partial charge is 0.454 e. The van der Waals surface area contributed by atoms with Crippen LogP contribution < -0.4 is 26.4 Å². The summed E-state index contributed by atoms with van der Waals surface area (Å²) >= 11 is 5.99. The Bertz CT molecular complexity index is 1320. The summed E-state index contributed by atoms with van der Waals surface area (Å²) in [6.07, 6.45) is -2.47. The van der Waals surface area contributed by atoms with Gasteiger partial charge >= 0.3 is 12.2 Å². The summed E-state index contributed by atoms with van der Waals surface area (Å²) in [5.74, 6) is -0.803. The van der Waals surface area contributed by atoms with Gasteiger partial charge in [0.15, 0.2) is 6.61 Å². The molecule has 1 aliphatic rings. The Hall–Kier alpha value is -4.13. The molecule has 0 saturated heterocycles. The molecule has 1 heterocycles. The number of carbonyl (C=O) groups is 2. The minimum atomic E-state index is -4.58. The van der Waals surface area contributed by atoms with E-state index in [2.05, 4.69) is 30.9 Å². The van der Waals surface area contributed by atoms with E-state index in [1.807, 2.05) is 12.1 Å². The second-order valence-electron chi connectivity index (χ2n) is 8.91. The second-order valence-corrected chi connectivity index (χ2v) is 9.35. The van der Waals surface area contributed by atoms with Crippen molar-refractivity contribution in [2.45, 2.75) is 37.4 Å².